The Balaban J connectivity index is 1.10. The summed E-state index contributed by atoms with van der Waals surface area (Å²) in [6, 6.07) is 66.9. The van der Waals surface area contributed by atoms with E-state index >= 15 is 0 Å². The first-order chi connectivity index (χ1) is 31.9. The van der Waals surface area contributed by atoms with Gasteiger partial charge < -0.3 is 4.90 Å². The van der Waals surface area contributed by atoms with Crippen LogP contribution < -0.4 is 4.90 Å². The molecule has 0 saturated heterocycles. The van der Waals surface area contributed by atoms with Crippen molar-refractivity contribution in [1.82, 2.24) is 0 Å². The molecular weight excluding hydrogens is 819 g/mol. The number of nitrogens with zero attached hydrogens (tertiary/aromatic N) is 1. The lowest BCUT2D eigenvalue weighted by Gasteiger charge is -2.28. The first-order valence-corrected chi connectivity index (χ1v) is 24.7. The maximum absolute atomic E-state index is 2.43. The van der Waals surface area contributed by atoms with Crippen molar-refractivity contribution in [3.05, 3.63) is 209 Å². The summed E-state index contributed by atoms with van der Waals surface area (Å²) >= 11 is 0. The fourth-order valence-electron chi connectivity index (χ4n) is 9.98. The van der Waals surface area contributed by atoms with E-state index < -0.39 is 0 Å². The molecule has 1 aliphatic rings. The van der Waals surface area contributed by atoms with Crippen molar-refractivity contribution in [1.29, 1.82) is 0 Å². The van der Waals surface area contributed by atoms with Crippen molar-refractivity contribution >= 4 is 17.1 Å². The van der Waals surface area contributed by atoms with Gasteiger partial charge in [0.2, 0.25) is 0 Å². The van der Waals surface area contributed by atoms with E-state index in [4.69, 9.17) is 0 Å². The lowest BCUT2D eigenvalue weighted by atomic mass is 9.78. The predicted molar refractivity (Wildman–Crippen MR) is 295 cm³/mol. The van der Waals surface area contributed by atoms with Crippen molar-refractivity contribution in [2.24, 2.45) is 0 Å². The summed E-state index contributed by atoms with van der Waals surface area (Å²) in [5.74, 6) is 0. The van der Waals surface area contributed by atoms with Gasteiger partial charge in [0.05, 0.1) is 0 Å². The highest BCUT2D eigenvalue weighted by Crippen LogP contribution is 2.51. The quantitative estimate of drug-likeness (QED) is 0.154. The molecule has 0 radical (unpaired) electrons. The van der Waals surface area contributed by atoms with Gasteiger partial charge in [0, 0.05) is 22.5 Å². The third kappa shape index (κ3) is 9.13. The highest BCUT2D eigenvalue weighted by molar-refractivity contribution is 5.87. The Morgan fingerprint density at radius 1 is 0.279 bits per heavy atom. The molecule has 0 atom stereocenters. The van der Waals surface area contributed by atoms with Crippen LogP contribution in [-0.2, 0) is 27.1 Å². The summed E-state index contributed by atoms with van der Waals surface area (Å²) in [5, 5.41) is 0. The van der Waals surface area contributed by atoms with Gasteiger partial charge >= 0.3 is 0 Å². The second-order valence-electron chi connectivity index (χ2n) is 24.1. The molecule has 8 aromatic carbocycles. The summed E-state index contributed by atoms with van der Waals surface area (Å²) in [4.78, 5) is 2.43. The van der Waals surface area contributed by atoms with Gasteiger partial charge in [0.25, 0.3) is 0 Å². The molecule has 0 aliphatic heterocycles. The van der Waals surface area contributed by atoms with Crippen LogP contribution in [0, 0.1) is 0 Å². The van der Waals surface area contributed by atoms with Crippen molar-refractivity contribution in [3.63, 3.8) is 0 Å². The maximum Gasteiger partial charge on any atom is 0.0467 e. The lowest BCUT2D eigenvalue weighted by molar-refractivity contribution is 0.569. The first-order valence-electron chi connectivity index (χ1n) is 24.7. The van der Waals surface area contributed by atoms with Gasteiger partial charge in [-0.15, -0.1) is 0 Å². The molecule has 0 heterocycles. The highest BCUT2D eigenvalue weighted by atomic mass is 15.1. The molecular formula is C67H71N. The van der Waals surface area contributed by atoms with E-state index in [2.05, 4.69) is 278 Å². The highest BCUT2D eigenvalue weighted by Gasteiger charge is 2.36. The molecule has 1 heteroatoms. The van der Waals surface area contributed by atoms with E-state index in [-0.39, 0.29) is 27.1 Å². The molecule has 8 aromatic rings. The normalized spacial score (nSPS) is 13.6. The van der Waals surface area contributed by atoms with Crippen LogP contribution in [0.4, 0.5) is 17.1 Å². The summed E-state index contributed by atoms with van der Waals surface area (Å²) < 4.78 is 0. The number of benzene rings is 8. The summed E-state index contributed by atoms with van der Waals surface area (Å²) in [5.41, 5.74) is 24.1. The van der Waals surface area contributed by atoms with E-state index in [9.17, 15) is 0 Å². The van der Waals surface area contributed by atoms with Crippen molar-refractivity contribution in [2.75, 3.05) is 4.90 Å². The van der Waals surface area contributed by atoms with Crippen molar-refractivity contribution < 1.29 is 0 Å². The van der Waals surface area contributed by atoms with Crippen LogP contribution in [0.25, 0.3) is 55.6 Å². The molecule has 1 aliphatic carbocycles. The minimum absolute atomic E-state index is 0.0118. The van der Waals surface area contributed by atoms with Gasteiger partial charge in [0.15, 0.2) is 0 Å². The summed E-state index contributed by atoms with van der Waals surface area (Å²) in [6.07, 6.45) is 0. The molecule has 0 N–H and O–H groups in total. The van der Waals surface area contributed by atoms with E-state index in [1.807, 2.05) is 0 Å². The Labute approximate surface area is 409 Å². The van der Waals surface area contributed by atoms with Crippen molar-refractivity contribution in [3.8, 4) is 55.6 Å². The molecule has 0 spiro atoms. The molecule has 1 nitrogen and oxygen atoms in total. The minimum Gasteiger partial charge on any atom is -0.310 e. The predicted octanol–water partition coefficient (Wildman–Crippen LogP) is 19.3. The zero-order valence-electron chi connectivity index (χ0n) is 43.2. The number of hydrogen-bond acceptors (Lipinski definition) is 1. The van der Waals surface area contributed by atoms with E-state index in [0.717, 1.165) is 17.1 Å². The van der Waals surface area contributed by atoms with Gasteiger partial charge in [-0.2, -0.15) is 0 Å². The molecule has 9 rings (SSSR count). The van der Waals surface area contributed by atoms with Crippen LogP contribution in [0.3, 0.4) is 0 Å². The van der Waals surface area contributed by atoms with Gasteiger partial charge in [-0.3, -0.25) is 0 Å². The number of fused-ring (bicyclic) bond motifs is 3. The van der Waals surface area contributed by atoms with Crippen LogP contribution in [0.1, 0.15) is 130 Å². The standard InChI is InChI=1S/C67H71N/c1-63(2,3)52-30-26-44(27-31-52)45-28-32-56(33-29-45)68(58-34-35-60-59-20-15-16-21-61(59)67(13,14)62(60)43-58)57-19-17-18-48(41-57)46-22-24-47(25-23-46)49-36-50(38-53(37-49)64(4,5)6)51-39-54(65(7,8)9)42-55(40-51)66(10,11)12/h15-43H,1-14H3. The Bertz CT molecular complexity index is 3100. The van der Waals surface area contributed by atoms with Crippen molar-refractivity contribution in [2.45, 2.75) is 124 Å². The van der Waals surface area contributed by atoms with Gasteiger partial charge in [-0.25, -0.2) is 0 Å². The third-order valence-corrected chi connectivity index (χ3v) is 14.5. The third-order valence-electron chi connectivity index (χ3n) is 14.5. The SMILES string of the molecule is CC(C)(C)c1ccc(-c2ccc(N(c3cccc(-c4ccc(-c5cc(-c6cc(C(C)(C)C)cc(C(C)(C)C)c6)cc(C(C)(C)C)c5)cc4)c3)c3ccc4c(c3)C(C)(C)c3ccccc3-4)cc2)cc1. The van der Waals surface area contributed by atoms with E-state index in [0.29, 0.717) is 0 Å². The lowest BCUT2D eigenvalue weighted by Crippen LogP contribution is -2.16. The zero-order chi connectivity index (χ0) is 48.6. The van der Waals surface area contributed by atoms with Gasteiger partial charge in [-0.05, 0) is 153 Å². The Morgan fingerprint density at radius 2 is 0.691 bits per heavy atom. The molecule has 344 valence electrons. The molecule has 68 heavy (non-hydrogen) atoms. The van der Waals surface area contributed by atoms with Gasteiger partial charge in [-0.1, -0.05) is 230 Å². The fourth-order valence-corrected chi connectivity index (χ4v) is 9.98. The molecule has 0 bridgehead atoms. The van der Waals surface area contributed by atoms with Crippen LogP contribution in [0.2, 0.25) is 0 Å². The van der Waals surface area contributed by atoms with Crippen LogP contribution in [0.5, 0.6) is 0 Å². The number of hydrogen-bond donors (Lipinski definition) is 0. The smallest absolute Gasteiger partial charge is 0.0467 e. The Kier molecular flexibility index (Phi) is 11.6. The molecule has 0 saturated carbocycles. The average Bonchev–Trinajstić information content (AvgIpc) is 3.53. The second kappa shape index (κ2) is 17.0. The number of anilines is 3. The van der Waals surface area contributed by atoms with Crippen LogP contribution in [-0.4, -0.2) is 0 Å². The Hall–Kier alpha value is -6.44. The zero-order valence-corrected chi connectivity index (χ0v) is 43.2. The molecule has 0 amide bonds. The van der Waals surface area contributed by atoms with E-state index in [1.165, 1.54) is 89.0 Å². The first kappa shape index (κ1) is 46.7. The summed E-state index contributed by atoms with van der Waals surface area (Å²) in [6.45, 7) is 32.4. The fraction of sp³-hybridized carbons (Fsp3) is 0.284. The molecule has 0 aromatic heterocycles. The monoisotopic (exact) mass is 890 g/mol. The second-order valence-corrected chi connectivity index (χ2v) is 24.1. The van der Waals surface area contributed by atoms with E-state index in [1.54, 1.807) is 0 Å². The molecule has 0 unspecified atom stereocenters. The van der Waals surface area contributed by atoms with Gasteiger partial charge in [0.1, 0.15) is 0 Å². The average molecular weight is 890 g/mol. The molecule has 0 fully saturated rings. The Morgan fingerprint density at radius 3 is 1.25 bits per heavy atom. The topological polar surface area (TPSA) is 3.24 Å². The minimum atomic E-state index is -0.112. The summed E-state index contributed by atoms with van der Waals surface area (Å²) in [7, 11) is 0. The van der Waals surface area contributed by atoms with Crippen LogP contribution in [0.15, 0.2) is 176 Å². The number of rotatable bonds is 7. The largest absolute Gasteiger partial charge is 0.310 e. The van der Waals surface area contributed by atoms with Crippen LogP contribution >= 0.6 is 0 Å². The maximum atomic E-state index is 2.43.